The lowest BCUT2D eigenvalue weighted by atomic mass is 9.70. The monoisotopic (exact) mass is 326 g/mol. The molecular formula is C19H22N2O3. The zero-order chi connectivity index (χ0) is 16.6. The Balaban J connectivity index is 1.51. The summed E-state index contributed by atoms with van der Waals surface area (Å²) in [5.74, 6) is 0.364. The summed E-state index contributed by atoms with van der Waals surface area (Å²) in [5, 5.41) is 9.60. The van der Waals surface area contributed by atoms with E-state index >= 15 is 0 Å². The number of rotatable bonds is 1. The quantitative estimate of drug-likeness (QED) is 0.796. The van der Waals surface area contributed by atoms with Crippen molar-refractivity contribution in [1.82, 2.24) is 4.90 Å². The highest BCUT2D eigenvalue weighted by Gasteiger charge is 2.49. The van der Waals surface area contributed by atoms with Crippen molar-refractivity contribution in [1.29, 1.82) is 5.26 Å². The maximum Gasteiger partial charge on any atom is 0.254 e. The van der Waals surface area contributed by atoms with Crippen molar-refractivity contribution < 1.29 is 14.3 Å². The second-order valence-corrected chi connectivity index (χ2v) is 7.07. The van der Waals surface area contributed by atoms with Gasteiger partial charge in [0.1, 0.15) is 6.04 Å². The number of piperidine rings is 1. The average Bonchev–Trinajstić information content (AvgIpc) is 3.08. The number of carbonyl (C=O) groups is 1. The fourth-order valence-corrected chi connectivity index (χ4v) is 4.47. The Morgan fingerprint density at radius 1 is 1.21 bits per heavy atom. The summed E-state index contributed by atoms with van der Waals surface area (Å²) in [6.45, 7) is 1.99. The van der Waals surface area contributed by atoms with Crippen LogP contribution in [-0.4, -0.2) is 42.4 Å². The maximum atomic E-state index is 12.8. The number of ether oxygens (including phenoxy) is 2. The molecule has 0 radical (unpaired) electrons. The molecule has 1 aromatic rings. The minimum Gasteiger partial charge on any atom is -0.348 e. The molecule has 0 bridgehead atoms. The molecule has 4 rings (SSSR count). The average molecular weight is 326 g/mol. The first-order chi connectivity index (χ1) is 11.7. The van der Waals surface area contributed by atoms with E-state index in [1.54, 1.807) is 4.90 Å². The summed E-state index contributed by atoms with van der Waals surface area (Å²) in [6.07, 6.45) is 3.44. The summed E-state index contributed by atoms with van der Waals surface area (Å²) in [4.78, 5) is 14.6. The number of benzene rings is 1. The zero-order valence-corrected chi connectivity index (χ0v) is 13.7. The molecule has 3 aliphatic rings. The molecule has 1 aliphatic carbocycles. The SMILES string of the molecule is N#CC1CC2CC3(CCC2CN1C(=O)c1ccccc1)OCCO3. The van der Waals surface area contributed by atoms with Crippen LogP contribution in [0.25, 0.3) is 0 Å². The molecule has 3 atom stereocenters. The van der Waals surface area contributed by atoms with E-state index in [4.69, 9.17) is 9.47 Å². The molecule has 1 saturated carbocycles. The minimum absolute atomic E-state index is 0.0331. The number of carbonyl (C=O) groups excluding carboxylic acids is 1. The van der Waals surface area contributed by atoms with Crippen LogP contribution in [0.5, 0.6) is 0 Å². The van der Waals surface area contributed by atoms with Gasteiger partial charge in [-0.05, 0) is 36.8 Å². The summed E-state index contributed by atoms with van der Waals surface area (Å²) in [5.41, 5.74) is 0.658. The third-order valence-corrected chi connectivity index (χ3v) is 5.71. The molecule has 1 amide bonds. The molecule has 2 heterocycles. The van der Waals surface area contributed by atoms with Gasteiger partial charge in [-0.3, -0.25) is 4.79 Å². The van der Waals surface area contributed by atoms with Gasteiger partial charge in [0.25, 0.3) is 5.91 Å². The van der Waals surface area contributed by atoms with E-state index in [1.807, 2.05) is 30.3 Å². The molecule has 1 aromatic carbocycles. The van der Waals surface area contributed by atoms with Crippen molar-refractivity contribution >= 4 is 5.91 Å². The Morgan fingerprint density at radius 3 is 2.67 bits per heavy atom. The third kappa shape index (κ3) is 2.70. The lowest BCUT2D eigenvalue weighted by molar-refractivity contribution is -0.200. The molecule has 5 nitrogen and oxygen atoms in total. The number of likely N-dealkylation sites (tertiary alicyclic amines) is 1. The highest BCUT2D eigenvalue weighted by Crippen LogP contribution is 2.46. The van der Waals surface area contributed by atoms with Crippen LogP contribution >= 0.6 is 0 Å². The molecule has 3 unspecified atom stereocenters. The lowest BCUT2D eigenvalue weighted by Gasteiger charge is -2.48. The smallest absolute Gasteiger partial charge is 0.254 e. The fourth-order valence-electron chi connectivity index (χ4n) is 4.47. The van der Waals surface area contributed by atoms with Crippen LogP contribution in [-0.2, 0) is 9.47 Å². The number of hydrogen-bond acceptors (Lipinski definition) is 4. The first-order valence-corrected chi connectivity index (χ1v) is 8.74. The topological polar surface area (TPSA) is 62.6 Å². The molecule has 24 heavy (non-hydrogen) atoms. The van der Waals surface area contributed by atoms with Gasteiger partial charge in [0.15, 0.2) is 5.79 Å². The van der Waals surface area contributed by atoms with E-state index in [1.165, 1.54) is 0 Å². The molecular weight excluding hydrogens is 304 g/mol. The number of hydrogen-bond donors (Lipinski definition) is 0. The first-order valence-electron chi connectivity index (χ1n) is 8.74. The molecule has 0 aromatic heterocycles. The van der Waals surface area contributed by atoms with Gasteiger partial charge in [-0.25, -0.2) is 0 Å². The van der Waals surface area contributed by atoms with Crippen molar-refractivity contribution in [3.05, 3.63) is 35.9 Å². The minimum atomic E-state index is -0.424. The van der Waals surface area contributed by atoms with E-state index in [0.717, 1.165) is 19.3 Å². The highest BCUT2D eigenvalue weighted by atomic mass is 16.7. The molecule has 0 N–H and O–H groups in total. The zero-order valence-electron chi connectivity index (χ0n) is 13.7. The van der Waals surface area contributed by atoms with Crippen molar-refractivity contribution in [3.63, 3.8) is 0 Å². The van der Waals surface area contributed by atoms with Gasteiger partial charge in [0.2, 0.25) is 0 Å². The molecule has 2 saturated heterocycles. The summed E-state index contributed by atoms with van der Waals surface area (Å²) in [6, 6.07) is 11.2. The van der Waals surface area contributed by atoms with Crippen LogP contribution in [0.1, 0.15) is 36.0 Å². The normalized spacial score (nSPS) is 31.5. The van der Waals surface area contributed by atoms with Crippen LogP contribution in [0.15, 0.2) is 30.3 Å². The first kappa shape index (κ1) is 15.6. The molecule has 2 aliphatic heterocycles. The van der Waals surface area contributed by atoms with Crippen molar-refractivity contribution in [2.24, 2.45) is 11.8 Å². The number of amides is 1. The predicted molar refractivity (Wildman–Crippen MR) is 87.0 cm³/mol. The van der Waals surface area contributed by atoms with Crippen LogP contribution in [0.3, 0.4) is 0 Å². The van der Waals surface area contributed by atoms with E-state index in [-0.39, 0.29) is 11.9 Å². The van der Waals surface area contributed by atoms with Crippen LogP contribution < -0.4 is 0 Å². The van der Waals surface area contributed by atoms with Gasteiger partial charge in [-0.1, -0.05) is 18.2 Å². The molecule has 126 valence electrons. The van der Waals surface area contributed by atoms with Crippen molar-refractivity contribution in [3.8, 4) is 6.07 Å². The molecule has 1 spiro atoms. The van der Waals surface area contributed by atoms with E-state index in [0.29, 0.717) is 43.6 Å². The fraction of sp³-hybridized carbons (Fsp3) is 0.579. The Hall–Kier alpha value is -1.90. The van der Waals surface area contributed by atoms with E-state index in [2.05, 4.69) is 6.07 Å². The Kier molecular flexibility index (Phi) is 4.03. The van der Waals surface area contributed by atoms with Gasteiger partial charge < -0.3 is 14.4 Å². The van der Waals surface area contributed by atoms with Crippen molar-refractivity contribution in [2.45, 2.75) is 37.5 Å². The Labute approximate surface area is 142 Å². The lowest BCUT2D eigenvalue weighted by Crippen LogP contribution is -2.53. The van der Waals surface area contributed by atoms with Gasteiger partial charge in [0, 0.05) is 24.9 Å². The van der Waals surface area contributed by atoms with Gasteiger partial charge in [0.05, 0.1) is 19.3 Å². The van der Waals surface area contributed by atoms with Gasteiger partial charge >= 0.3 is 0 Å². The van der Waals surface area contributed by atoms with E-state index in [9.17, 15) is 10.1 Å². The summed E-state index contributed by atoms with van der Waals surface area (Å²) < 4.78 is 11.7. The largest absolute Gasteiger partial charge is 0.348 e. The van der Waals surface area contributed by atoms with Crippen molar-refractivity contribution in [2.75, 3.05) is 19.8 Å². The van der Waals surface area contributed by atoms with Gasteiger partial charge in [-0.2, -0.15) is 5.26 Å². The third-order valence-electron chi connectivity index (χ3n) is 5.71. The standard InChI is InChI=1S/C19H22N2O3/c20-12-17-10-16-11-19(23-8-9-24-19)7-6-15(16)13-21(17)18(22)14-4-2-1-3-5-14/h1-5,15-17H,6-11,13H2. The second kappa shape index (κ2) is 6.19. The molecule has 3 fully saturated rings. The summed E-state index contributed by atoms with van der Waals surface area (Å²) >= 11 is 0. The molecule has 5 heteroatoms. The number of fused-ring (bicyclic) bond motifs is 1. The van der Waals surface area contributed by atoms with Crippen LogP contribution in [0, 0.1) is 23.2 Å². The number of nitriles is 1. The predicted octanol–water partition coefficient (Wildman–Crippen LogP) is 2.58. The second-order valence-electron chi connectivity index (χ2n) is 7.07. The van der Waals surface area contributed by atoms with E-state index < -0.39 is 5.79 Å². The maximum absolute atomic E-state index is 12.8. The Bertz CT molecular complexity index is 648. The number of nitrogens with zero attached hydrogens (tertiary/aromatic N) is 2. The summed E-state index contributed by atoms with van der Waals surface area (Å²) in [7, 11) is 0. The Morgan fingerprint density at radius 2 is 1.96 bits per heavy atom. The van der Waals surface area contributed by atoms with Crippen LogP contribution in [0.2, 0.25) is 0 Å². The highest BCUT2D eigenvalue weighted by molar-refractivity contribution is 5.94. The van der Waals surface area contributed by atoms with Crippen LogP contribution in [0.4, 0.5) is 0 Å². The van der Waals surface area contributed by atoms with Gasteiger partial charge in [-0.15, -0.1) is 0 Å².